The fourth-order valence-corrected chi connectivity index (χ4v) is 5.17. The van der Waals surface area contributed by atoms with E-state index in [1.807, 2.05) is 6.07 Å². The number of halogens is 3. The molecule has 2 aromatic rings. The van der Waals surface area contributed by atoms with Gasteiger partial charge in [0, 0.05) is 36.4 Å². The van der Waals surface area contributed by atoms with Gasteiger partial charge in [0.1, 0.15) is 5.82 Å². The van der Waals surface area contributed by atoms with Crippen LogP contribution in [-0.2, 0) is 21.5 Å². The minimum absolute atomic E-state index is 0.0590. The van der Waals surface area contributed by atoms with Crippen LogP contribution < -0.4 is 11.1 Å². The van der Waals surface area contributed by atoms with Crippen molar-refractivity contribution in [2.24, 2.45) is 5.73 Å². The van der Waals surface area contributed by atoms with E-state index in [2.05, 4.69) is 11.9 Å². The second kappa shape index (κ2) is 9.27. The number of anilines is 1. The third-order valence-corrected chi connectivity index (χ3v) is 7.09. The minimum Gasteiger partial charge on any atom is -0.374 e. The molecule has 2 heterocycles. The van der Waals surface area contributed by atoms with Gasteiger partial charge in [0.25, 0.3) is 5.91 Å². The lowest BCUT2D eigenvalue weighted by Gasteiger charge is -2.34. The van der Waals surface area contributed by atoms with Gasteiger partial charge in [-0.25, -0.2) is 4.39 Å². The first-order chi connectivity index (χ1) is 16.1. The average Bonchev–Trinajstić information content (AvgIpc) is 3.22. The molecule has 1 fully saturated rings. The summed E-state index contributed by atoms with van der Waals surface area (Å²) in [5, 5.41) is 3.59. The summed E-state index contributed by atoms with van der Waals surface area (Å²) in [4.78, 5) is 39.6. The Labute approximate surface area is 206 Å². The standard InChI is InChI=1S/C24H23Cl2FN4O3/c1-2-20(33)31-10-8-24(13-31,21-18(27)6-5-17(25)22(21)26)29-15-4-3-14-7-9-30(12-19(28)32)23(34)16(14)11-15/h2-6,11,29H,1,7-10,12-13H2,(H2,28,32)/t24-/m0/s1. The zero-order valence-electron chi connectivity index (χ0n) is 18.2. The molecule has 10 heteroatoms. The normalized spacial score (nSPS) is 19.7. The molecule has 0 unspecified atom stereocenters. The summed E-state index contributed by atoms with van der Waals surface area (Å²) in [6.07, 6.45) is 2.13. The number of benzene rings is 2. The van der Waals surface area contributed by atoms with Gasteiger partial charge in [-0.15, -0.1) is 0 Å². The maximum Gasteiger partial charge on any atom is 0.254 e. The third kappa shape index (κ3) is 4.35. The van der Waals surface area contributed by atoms with E-state index in [4.69, 9.17) is 28.9 Å². The van der Waals surface area contributed by atoms with Crippen LogP contribution in [-0.4, -0.2) is 53.7 Å². The van der Waals surface area contributed by atoms with E-state index in [9.17, 15) is 14.4 Å². The number of amides is 3. The first-order valence-corrected chi connectivity index (χ1v) is 11.4. The van der Waals surface area contributed by atoms with E-state index in [0.29, 0.717) is 37.2 Å². The highest BCUT2D eigenvalue weighted by Crippen LogP contribution is 2.43. The Morgan fingerprint density at radius 1 is 1.24 bits per heavy atom. The summed E-state index contributed by atoms with van der Waals surface area (Å²) >= 11 is 12.7. The number of primary amides is 1. The van der Waals surface area contributed by atoms with Gasteiger partial charge in [-0.05, 0) is 48.7 Å². The smallest absolute Gasteiger partial charge is 0.254 e. The first kappa shape index (κ1) is 24.0. The number of fused-ring (bicyclic) bond motifs is 1. The molecule has 0 radical (unpaired) electrons. The maximum atomic E-state index is 15.1. The Balaban J connectivity index is 1.75. The summed E-state index contributed by atoms with van der Waals surface area (Å²) in [6.45, 7) is 4.23. The van der Waals surface area contributed by atoms with Crippen molar-refractivity contribution in [2.45, 2.75) is 18.4 Å². The van der Waals surface area contributed by atoms with Gasteiger partial charge in [-0.1, -0.05) is 35.8 Å². The van der Waals surface area contributed by atoms with E-state index in [1.165, 1.54) is 23.1 Å². The van der Waals surface area contributed by atoms with Crippen molar-refractivity contribution in [1.82, 2.24) is 9.80 Å². The second-order valence-corrected chi connectivity index (χ2v) is 9.24. The Hall–Kier alpha value is -3.10. The van der Waals surface area contributed by atoms with E-state index in [1.54, 1.807) is 17.0 Å². The lowest BCUT2D eigenvalue weighted by Crippen LogP contribution is -2.43. The van der Waals surface area contributed by atoms with Crippen molar-refractivity contribution in [2.75, 3.05) is 31.5 Å². The van der Waals surface area contributed by atoms with Crippen LogP contribution in [0.3, 0.4) is 0 Å². The lowest BCUT2D eigenvalue weighted by molar-refractivity contribution is -0.125. The summed E-state index contributed by atoms with van der Waals surface area (Å²) in [5.41, 5.74) is 6.14. The molecule has 34 heavy (non-hydrogen) atoms. The van der Waals surface area contributed by atoms with Gasteiger partial charge >= 0.3 is 0 Å². The zero-order chi connectivity index (χ0) is 24.6. The van der Waals surface area contributed by atoms with Crippen molar-refractivity contribution in [3.8, 4) is 0 Å². The fraction of sp³-hybridized carbons (Fsp3) is 0.292. The van der Waals surface area contributed by atoms with E-state index in [0.717, 1.165) is 5.56 Å². The molecule has 0 spiro atoms. The number of carbonyl (C=O) groups is 3. The molecule has 7 nitrogen and oxygen atoms in total. The number of likely N-dealkylation sites (tertiary alicyclic amines) is 1. The number of nitrogens with two attached hydrogens (primary N) is 1. The molecule has 0 aliphatic carbocycles. The number of carbonyl (C=O) groups excluding carboxylic acids is 3. The van der Waals surface area contributed by atoms with Crippen LogP contribution in [0.15, 0.2) is 43.0 Å². The topological polar surface area (TPSA) is 95.7 Å². The summed E-state index contributed by atoms with van der Waals surface area (Å²) < 4.78 is 15.1. The Morgan fingerprint density at radius 2 is 2.00 bits per heavy atom. The average molecular weight is 505 g/mol. The van der Waals surface area contributed by atoms with Crippen molar-refractivity contribution in [1.29, 1.82) is 0 Å². The SMILES string of the molecule is C=CC(=O)N1CC[C@@](Nc2ccc3c(c2)C(=O)N(CC(N)=O)CC3)(c2c(F)ccc(Cl)c2Cl)C1. The molecule has 0 bridgehead atoms. The molecule has 4 rings (SSSR count). The highest BCUT2D eigenvalue weighted by Gasteiger charge is 2.44. The predicted molar refractivity (Wildman–Crippen MR) is 128 cm³/mol. The summed E-state index contributed by atoms with van der Waals surface area (Å²) in [7, 11) is 0. The van der Waals surface area contributed by atoms with Crippen LogP contribution in [0.2, 0.25) is 10.0 Å². The van der Waals surface area contributed by atoms with Crippen molar-refractivity contribution >= 4 is 46.6 Å². The number of hydrogen-bond acceptors (Lipinski definition) is 4. The maximum absolute atomic E-state index is 15.1. The second-order valence-electron chi connectivity index (χ2n) is 8.45. The van der Waals surface area contributed by atoms with Crippen LogP contribution in [0.5, 0.6) is 0 Å². The monoisotopic (exact) mass is 504 g/mol. The van der Waals surface area contributed by atoms with Crippen LogP contribution in [0, 0.1) is 5.82 Å². The molecule has 0 aromatic heterocycles. The van der Waals surface area contributed by atoms with Gasteiger partial charge in [0.05, 0.1) is 22.1 Å². The molecular weight excluding hydrogens is 482 g/mol. The van der Waals surface area contributed by atoms with E-state index in [-0.39, 0.29) is 40.5 Å². The Kier molecular flexibility index (Phi) is 6.55. The Bertz CT molecular complexity index is 1200. The van der Waals surface area contributed by atoms with Crippen molar-refractivity contribution in [3.05, 3.63) is 75.5 Å². The van der Waals surface area contributed by atoms with Crippen LogP contribution in [0.1, 0.15) is 27.9 Å². The van der Waals surface area contributed by atoms with Gasteiger partial charge < -0.3 is 20.9 Å². The van der Waals surface area contributed by atoms with E-state index < -0.39 is 17.3 Å². The number of nitrogens with one attached hydrogen (secondary N) is 1. The largest absolute Gasteiger partial charge is 0.374 e. The molecule has 2 aliphatic rings. The number of hydrogen-bond donors (Lipinski definition) is 2. The molecular formula is C24H23Cl2FN4O3. The summed E-state index contributed by atoms with van der Waals surface area (Å²) in [6, 6.07) is 7.90. The zero-order valence-corrected chi connectivity index (χ0v) is 19.8. The van der Waals surface area contributed by atoms with Gasteiger partial charge in [0.2, 0.25) is 11.8 Å². The van der Waals surface area contributed by atoms with E-state index >= 15 is 4.39 Å². The fourth-order valence-electron chi connectivity index (χ4n) is 4.68. The molecule has 178 valence electrons. The molecule has 1 saturated heterocycles. The molecule has 1 atom stereocenters. The quantitative estimate of drug-likeness (QED) is 0.465. The first-order valence-electron chi connectivity index (χ1n) is 10.7. The molecule has 3 amide bonds. The molecule has 0 saturated carbocycles. The summed E-state index contributed by atoms with van der Waals surface area (Å²) in [5.74, 6) is -1.74. The molecule has 2 aliphatic heterocycles. The van der Waals surface area contributed by atoms with Gasteiger partial charge in [-0.3, -0.25) is 14.4 Å². The van der Waals surface area contributed by atoms with Gasteiger partial charge in [-0.2, -0.15) is 0 Å². The lowest BCUT2D eigenvalue weighted by atomic mass is 9.87. The number of nitrogens with zero attached hydrogens (tertiary/aromatic N) is 2. The van der Waals surface area contributed by atoms with Crippen LogP contribution in [0.4, 0.5) is 10.1 Å². The van der Waals surface area contributed by atoms with Crippen LogP contribution >= 0.6 is 23.2 Å². The van der Waals surface area contributed by atoms with Crippen molar-refractivity contribution in [3.63, 3.8) is 0 Å². The van der Waals surface area contributed by atoms with Crippen molar-refractivity contribution < 1.29 is 18.8 Å². The minimum atomic E-state index is -1.09. The highest BCUT2D eigenvalue weighted by atomic mass is 35.5. The number of rotatable bonds is 6. The highest BCUT2D eigenvalue weighted by molar-refractivity contribution is 6.42. The molecule has 3 N–H and O–H groups in total. The molecule has 2 aromatic carbocycles. The van der Waals surface area contributed by atoms with Gasteiger partial charge in [0.15, 0.2) is 0 Å². The predicted octanol–water partition coefficient (Wildman–Crippen LogP) is 3.34. The third-order valence-electron chi connectivity index (χ3n) is 6.29. The Morgan fingerprint density at radius 3 is 2.71 bits per heavy atom. The van der Waals surface area contributed by atoms with Crippen LogP contribution in [0.25, 0.3) is 0 Å².